The summed E-state index contributed by atoms with van der Waals surface area (Å²) in [7, 11) is -2.62. The van der Waals surface area contributed by atoms with Crippen LogP contribution in [-0.2, 0) is 33.0 Å². The van der Waals surface area contributed by atoms with Gasteiger partial charge in [-0.15, -0.1) is 21.9 Å². The van der Waals surface area contributed by atoms with E-state index in [9.17, 15) is 56.9 Å². The second-order valence-electron chi connectivity index (χ2n) is 18.0. The summed E-state index contributed by atoms with van der Waals surface area (Å²) in [6.45, 7) is 1.61. The lowest BCUT2D eigenvalue weighted by molar-refractivity contribution is 0.378. The van der Waals surface area contributed by atoms with Crippen molar-refractivity contribution in [3.8, 4) is 11.2 Å². The Morgan fingerprint density at radius 1 is 0.313 bits per heavy atom. The third kappa shape index (κ3) is 11.2. The van der Waals surface area contributed by atoms with Gasteiger partial charge in [0.05, 0.1) is 0 Å². The number of hydrogen-bond donors (Lipinski definition) is 0. The van der Waals surface area contributed by atoms with Crippen molar-refractivity contribution in [1.29, 1.82) is 0 Å². The number of hydrogen-bond acceptors (Lipinski definition) is 2. The number of rotatable bonds is 12. The first kappa shape index (κ1) is 60.3. The third-order valence-corrected chi connectivity index (χ3v) is 15.3. The zero-order valence-corrected chi connectivity index (χ0v) is 42.2. The summed E-state index contributed by atoms with van der Waals surface area (Å²) in [5.41, 5.74) is -8.81. The topological polar surface area (TPSA) is 20.3 Å². The van der Waals surface area contributed by atoms with E-state index in [0.717, 1.165) is 34.8 Å². The number of nitrogens with zero attached hydrogens (tertiary/aromatic N) is 1. The maximum atomic E-state index is 15.4. The molecule has 0 saturated carbocycles. The van der Waals surface area contributed by atoms with E-state index in [-0.39, 0.29) is 0 Å². The van der Waals surface area contributed by atoms with Crippen molar-refractivity contribution in [1.82, 2.24) is 0 Å². The minimum atomic E-state index is -7.22. The van der Waals surface area contributed by atoms with Crippen molar-refractivity contribution >= 4 is 43.6 Å². The van der Waals surface area contributed by atoms with Crippen molar-refractivity contribution in [3.63, 3.8) is 0 Å². The molecule has 0 aliphatic heterocycles. The molecule has 24 heteroatoms. The predicted molar refractivity (Wildman–Crippen MR) is 268 cm³/mol. The molecular formula is C59H30BF20NOS. The molecule has 0 aliphatic carbocycles. The first-order valence-electron chi connectivity index (χ1n) is 23.7. The average molecular weight is 1190 g/mol. The summed E-state index contributed by atoms with van der Waals surface area (Å²) in [4.78, 5) is 3.14. The molecule has 0 amide bonds. The largest absolute Gasteiger partial charge is 0.363 e. The molecule has 0 spiro atoms. The highest BCUT2D eigenvalue weighted by molar-refractivity contribution is 8.06. The molecule has 9 aromatic carbocycles. The van der Waals surface area contributed by atoms with Crippen LogP contribution in [-0.4, -0.2) is 6.15 Å². The fraction of sp³-hybridized carbons (Fsp3) is 0.0508. The Labute approximate surface area is 458 Å². The Hall–Kier alpha value is -8.85. The van der Waals surface area contributed by atoms with Crippen LogP contribution in [0.15, 0.2) is 150 Å². The monoisotopic (exact) mass is 1190 g/mol. The molecule has 2 nitrogen and oxygen atoms in total. The van der Waals surface area contributed by atoms with E-state index in [4.69, 9.17) is 0 Å². The van der Waals surface area contributed by atoms with Crippen LogP contribution in [0.5, 0.6) is 0 Å². The van der Waals surface area contributed by atoms with E-state index in [1.54, 1.807) is 0 Å². The molecule has 9 aromatic rings. The van der Waals surface area contributed by atoms with Crippen LogP contribution in [0.2, 0.25) is 0 Å². The van der Waals surface area contributed by atoms with Gasteiger partial charge in [-0.1, -0.05) is 113 Å². The van der Waals surface area contributed by atoms with Crippen LogP contribution in [0.25, 0.3) is 0 Å². The van der Waals surface area contributed by atoms with Crippen molar-refractivity contribution in [2.75, 3.05) is 4.90 Å². The van der Waals surface area contributed by atoms with Crippen molar-refractivity contribution in [2.45, 2.75) is 23.7 Å². The average Bonchev–Trinajstić information content (AvgIpc) is 0.876. The third-order valence-electron chi connectivity index (χ3n) is 13.1. The minimum Gasteiger partial charge on any atom is -0.363 e. The maximum absolute atomic E-state index is 15.4. The number of benzene rings is 9. The molecule has 0 aliphatic rings. The molecule has 0 bridgehead atoms. The quantitative estimate of drug-likeness (QED) is 0.0303. The van der Waals surface area contributed by atoms with Crippen molar-refractivity contribution in [2.24, 2.45) is 0 Å². The van der Waals surface area contributed by atoms with E-state index in [2.05, 4.69) is 88.9 Å². The molecule has 426 valence electrons. The zero-order chi connectivity index (χ0) is 60.4. The molecule has 1 unspecified atom stereocenters. The second kappa shape index (κ2) is 24.3. The maximum Gasteiger partial charge on any atom is 0.200 e. The van der Waals surface area contributed by atoms with Crippen LogP contribution in [0.1, 0.15) is 22.3 Å². The normalized spacial score (nSPS) is 12.0. The van der Waals surface area contributed by atoms with Gasteiger partial charge in [-0.05, 0) is 53.4 Å². The minimum absolute atomic E-state index is 0.370. The molecule has 0 saturated heterocycles. The first-order chi connectivity index (χ1) is 39.4. The lowest BCUT2D eigenvalue weighted by Gasteiger charge is -2.44. The Morgan fingerprint density at radius 2 is 0.578 bits per heavy atom. The fourth-order valence-corrected chi connectivity index (χ4v) is 11.1. The highest BCUT2D eigenvalue weighted by Crippen LogP contribution is 2.32. The second-order valence-corrected chi connectivity index (χ2v) is 20.3. The van der Waals surface area contributed by atoms with Gasteiger partial charge in [0.1, 0.15) is 52.7 Å². The van der Waals surface area contributed by atoms with Gasteiger partial charge in [0.15, 0.2) is 95.6 Å². The zero-order valence-electron chi connectivity index (χ0n) is 41.4. The molecule has 0 radical (unpaired) electrons. The van der Waals surface area contributed by atoms with Gasteiger partial charge in [0.2, 0.25) is 0 Å². The Bertz CT molecular complexity index is 3610. The van der Waals surface area contributed by atoms with Gasteiger partial charge in [0, 0.05) is 29.9 Å². The summed E-state index contributed by atoms with van der Waals surface area (Å²) in [5, 5.41) is 3.15. The summed E-state index contributed by atoms with van der Waals surface area (Å²) >= 11 is 0. The van der Waals surface area contributed by atoms with E-state index < -0.39 is 154 Å². The molecular weight excluding hydrogens is 1160 g/mol. The van der Waals surface area contributed by atoms with E-state index in [1.165, 1.54) is 11.1 Å². The fourth-order valence-electron chi connectivity index (χ4n) is 9.24. The Kier molecular flexibility index (Phi) is 17.7. The van der Waals surface area contributed by atoms with Crippen LogP contribution >= 0.6 is 0 Å². The summed E-state index contributed by atoms with van der Waals surface area (Å²) < 4.78 is 308. The standard InChI is InChI=1S/C35H30NOS.C24BF20/c37-38(35-19-11-4-12-20-35,26-25-30-13-5-1-6-14-30)29-33-21-23-34(24-22-33)36(27-31-15-7-2-8-16-31)28-32-17-9-3-10-18-32;26-5-1(6(27)14(35)21(42)13(5)34)25(2-7(28)15(36)22(43)16(37)8(2)29,3-9(30)17(38)23(44)18(39)10(3)31)4-11(32)19(40)24(45)20(41)12(4)33/h1-24H,27-29H2;/q+1;-1. The van der Waals surface area contributed by atoms with Gasteiger partial charge < -0.3 is 4.90 Å². The van der Waals surface area contributed by atoms with E-state index in [1.807, 2.05) is 72.8 Å². The molecule has 0 heterocycles. The Balaban J connectivity index is 0.000000220. The van der Waals surface area contributed by atoms with Gasteiger partial charge in [-0.3, -0.25) is 0 Å². The van der Waals surface area contributed by atoms with Crippen molar-refractivity contribution < 1.29 is 92.0 Å². The SMILES string of the molecule is Fc1c(F)c(F)c([B-](c2c(F)c(F)c(F)c(F)c2F)(c2c(F)c(F)c(F)c(F)c2F)c2c(F)c(F)c(F)c(F)c2F)c(F)c1F.O=[S+](C#Cc1ccccc1)(Cc1ccc(N(Cc2ccccc2)Cc2ccccc2)cc1)c1ccccc1. The van der Waals surface area contributed by atoms with E-state index in [0.29, 0.717) is 5.75 Å². The van der Waals surface area contributed by atoms with Gasteiger partial charge in [0.25, 0.3) is 0 Å². The first-order valence-corrected chi connectivity index (χ1v) is 25.4. The van der Waals surface area contributed by atoms with Gasteiger partial charge >= 0.3 is 0 Å². The predicted octanol–water partition coefficient (Wildman–Crippen LogP) is 13.8. The molecule has 83 heavy (non-hydrogen) atoms. The van der Waals surface area contributed by atoms with Crippen LogP contribution in [0.4, 0.5) is 93.5 Å². The molecule has 0 fully saturated rings. The number of anilines is 1. The Morgan fingerprint density at radius 3 is 0.880 bits per heavy atom. The smallest absolute Gasteiger partial charge is 0.200 e. The van der Waals surface area contributed by atoms with Crippen LogP contribution in [0, 0.1) is 128 Å². The number of halogens is 20. The van der Waals surface area contributed by atoms with Gasteiger partial charge in [-0.25, -0.2) is 87.8 Å². The van der Waals surface area contributed by atoms with Crippen LogP contribution in [0.3, 0.4) is 0 Å². The molecule has 9 rings (SSSR count). The highest BCUT2D eigenvalue weighted by atomic mass is 32.2. The summed E-state index contributed by atoms with van der Waals surface area (Å²) in [5.74, 6) is -67.9. The van der Waals surface area contributed by atoms with Gasteiger partial charge in [-0.2, -0.15) is 0 Å². The summed E-state index contributed by atoms with van der Waals surface area (Å²) in [6, 6.07) is 48.9. The van der Waals surface area contributed by atoms with E-state index >= 15 is 35.1 Å². The molecule has 0 aromatic heterocycles. The van der Waals surface area contributed by atoms with Crippen LogP contribution < -0.4 is 26.8 Å². The highest BCUT2D eigenvalue weighted by Gasteiger charge is 2.52. The lowest BCUT2D eigenvalue weighted by atomic mass is 9.12. The molecule has 1 atom stereocenters. The summed E-state index contributed by atoms with van der Waals surface area (Å²) in [6.07, 6.45) is -7.22. The van der Waals surface area contributed by atoms with Crippen molar-refractivity contribution in [3.05, 3.63) is 284 Å². The lowest BCUT2D eigenvalue weighted by Crippen LogP contribution is -2.81. The molecule has 0 N–H and O–H groups in total.